The third-order valence-corrected chi connectivity index (χ3v) is 5.22. The molecule has 1 atom stereocenters. The zero-order valence-electron chi connectivity index (χ0n) is 17.7. The number of hydrogen-bond acceptors (Lipinski definition) is 6. The van der Waals surface area contributed by atoms with Gasteiger partial charge in [-0.15, -0.1) is 5.10 Å². The Morgan fingerprint density at radius 3 is 2.70 bits per heavy atom. The summed E-state index contributed by atoms with van der Waals surface area (Å²) in [5, 5.41) is 16.8. The predicted molar refractivity (Wildman–Crippen MR) is 120 cm³/mol. The molecule has 4 heterocycles. The van der Waals surface area contributed by atoms with Crippen LogP contribution in [0, 0.1) is 5.82 Å². The summed E-state index contributed by atoms with van der Waals surface area (Å²) >= 11 is 0. The number of pyridine rings is 1. The smallest absolute Gasteiger partial charge is 0.260 e. The van der Waals surface area contributed by atoms with Crippen molar-refractivity contribution in [2.75, 3.05) is 18.0 Å². The molecule has 3 N–H and O–H groups in total. The quantitative estimate of drug-likeness (QED) is 0.436. The lowest BCUT2D eigenvalue weighted by molar-refractivity contribution is 0.0939. The number of aliphatic hydroxyl groups is 1. The third kappa shape index (κ3) is 5.24. The van der Waals surface area contributed by atoms with Crippen molar-refractivity contribution in [3.63, 3.8) is 0 Å². The van der Waals surface area contributed by atoms with Gasteiger partial charge in [0.15, 0.2) is 5.65 Å². The van der Waals surface area contributed by atoms with E-state index in [4.69, 9.17) is 0 Å². The molecule has 3 aromatic heterocycles. The number of hydrogen-bond donors (Lipinski definition) is 3. The molecule has 4 aromatic rings. The van der Waals surface area contributed by atoms with Gasteiger partial charge < -0.3 is 20.3 Å². The van der Waals surface area contributed by atoms with Gasteiger partial charge in [0.1, 0.15) is 17.2 Å². The van der Waals surface area contributed by atoms with Crippen molar-refractivity contribution in [1.29, 1.82) is 0 Å². The zero-order valence-corrected chi connectivity index (χ0v) is 17.7. The van der Waals surface area contributed by atoms with Crippen LogP contribution in [0.1, 0.15) is 22.5 Å². The molecule has 1 aromatic carbocycles. The number of anilines is 1. The molecular weight excluding hydrogens is 427 g/mol. The summed E-state index contributed by atoms with van der Waals surface area (Å²) in [5.74, 6) is 0.196. The number of aromatic nitrogens is 4. The molecule has 1 aliphatic heterocycles. The number of aliphatic hydroxyl groups excluding tert-OH is 1. The number of imidazole rings is 1. The van der Waals surface area contributed by atoms with Crippen LogP contribution in [-0.2, 0) is 6.61 Å². The summed E-state index contributed by atoms with van der Waals surface area (Å²) in [7, 11) is 0. The number of carbonyl (C=O) groups excluding carboxylic acids is 1. The zero-order chi connectivity index (χ0) is 23.2. The highest BCUT2D eigenvalue weighted by Gasteiger charge is 2.26. The van der Waals surface area contributed by atoms with Crippen molar-refractivity contribution in [1.82, 2.24) is 24.9 Å². The Bertz CT molecular complexity index is 1290. The minimum absolute atomic E-state index is 0.0697. The highest BCUT2D eigenvalue weighted by Crippen LogP contribution is 2.19. The van der Waals surface area contributed by atoms with Gasteiger partial charge in [0.2, 0.25) is 0 Å². The van der Waals surface area contributed by atoms with E-state index in [-0.39, 0.29) is 29.9 Å². The van der Waals surface area contributed by atoms with Crippen LogP contribution >= 0.6 is 0 Å². The summed E-state index contributed by atoms with van der Waals surface area (Å²) in [4.78, 5) is 32.7. The number of fused-ring (bicyclic) bond motifs is 1. The molecule has 1 fully saturated rings. The Morgan fingerprint density at radius 2 is 2.00 bits per heavy atom. The summed E-state index contributed by atoms with van der Waals surface area (Å²) in [6, 6.07) is 14.7. The lowest BCUT2D eigenvalue weighted by atomic mass is 10.2. The van der Waals surface area contributed by atoms with Crippen LogP contribution in [0.5, 0.6) is 0 Å². The first-order valence-corrected chi connectivity index (χ1v) is 10.4. The fraction of sp³-hybridized carbons (Fsp3) is 0.217. The minimum atomic E-state index is -0.399. The van der Waals surface area contributed by atoms with Gasteiger partial charge in [0, 0.05) is 25.3 Å². The Morgan fingerprint density at radius 1 is 1.18 bits per heavy atom. The molecule has 0 unspecified atom stereocenters. The number of halogens is 1. The van der Waals surface area contributed by atoms with Crippen molar-refractivity contribution >= 4 is 17.4 Å². The molecule has 0 radical (unpaired) electrons. The first-order valence-electron chi connectivity index (χ1n) is 10.4. The highest BCUT2D eigenvalue weighted by atomic mass is 19.1. The summed E-state index contributed by atoms with van der Waals surface area (Å²) in [5.41, 5.74) is 1.000. The number of rotatable bonds is 4. The second kappa shape index (κ2) is 10.0. The number of nitrogens with one attached hydrogen (secondary N) is 2. The normalized spacial score (nSPS) is 15.2. The van der Waals surface area contributed by atoms with Crippen LogP contribution < -0.4 is 15.8 Å². The first kappa shape index (κ1) is 22.2. The summed E-state index contributed by atoms with van der Waals surface area (Å²) in [6.45, 7) is 1.19. The topological polar surface area (TPSA) is 116 Å². The van der Waals surface area contributed by atoms with E-state index in [1.807, 2.05) is 12.1 Å². The number of H-pyrrole nitrogens is 1. The Labute approximate surface area is 188 Å². The van der Waals surface area contributed by atoms with Crippen molar-refractivity contribution in [3.8, 4) is 0 Å². The van der Waals surface area contributed by atoms with E-state index >= 15 is 0 Å². The SMILES string of the molecule is Fc1ccccc1.O=C(N[C@H]1CCN(c2ccc3ncc(CO)n3n2)C1)c1ccc[nH]c1=O. The van der Waals surface area contributed by atoms with Gasteiger partial charge in [-0.1, -0.05) is 18.2 Å². The monoisotopic (exact) mass is 450 g/mol. The van der Waals surface area contributed by atoms with E-state index in [2.05, 4.69) is 25.3 Å². The largest absolute Gasteiger partial charge is 0.390 e. The average molecular weight is 450 g/mol. The van der Waals surface area contributed by atoms with Crippen molar-refractivity contribution < 1.29 is 14.3 Å². The van der Waals surface area contributed by atoms with E-state index in [1.54, 1.807) is 35.0 Å². The summed E-state index contributed by atoms with van der Waals surface area (Å²) in [6.07, 6.45) is 3.85. The van der Waals surface area contributed by atoms with E-state index < -0.39 is 5.56 Å². The van der Waals surface area contributed by atoms with Gasteiger partial charge >= 0.3 is 0 Å². The molecule has 0 saturated carbocycles. The van der Waals surface area contributed by atoms with Crippen LogP contribution in [0.3, 0.4) is 0 Å². The van der Waals surface area contributed by atoms with E-state index in [0.717, 1.165) is 18.8 Å². The standard InChI is InChI=1S/C17H18N6O3.C6H5F/c24-10-12-8-19-14-3-4-15(21-23(12)14)22-7-5-11(9-22)20-17(26)13-2-1-6-18-16(13)25;7-6-4-2-1-3-5-6/h1-4,6,8,11,24H,5,7,9-10H2,(H,18,25)(H,20,26);1-5H/t11-;/m0./s1. The second-order valence-electron chi connectivity index (χ2n) is 7.48. The van der Waals surface area contributed by atoms with E-state index in [9.17, 15) is 19.1 Å². The molecule has 0 spiro atoms. The van der Waals surface area contributed by atoms with Crippen LogP contribution in [0.2, 0.25) is 0 Å². The van der Waals surface area contributed by atoms with Crippen LogP contribution in [0.4, 0.5) is 10.2 Å². The predicted octanol–water partition coefficient (Wildman–Crippen LogP) is 1.74. The summed E-state index contributed by atoms with van der Waals surface area (Å²) < 4.78 is 13.5. The Hall–Kier alpha value is -4.05. The van der Waals surface area contributed by atoms with Crippen LogP contribution in [0.15, 0.2) is 71.8 Å². The number of benzene rings is 1. The van der Waals surface area contributed by atoms with Crippen LogP contribution in [0.25, 0.3) is 5.65 Å². The van der Waals surface area contributed by atoms with Crippen molar-refractivity contribution in [2.45, 2.75) is 19.1 Å². The fourth-order valence-electron chi connectivity index (χ4n) is 3.55. The molecule has 10 heteroatoms. The molecule has 170 valence electrons. The Kier molecular flexibility index (Phi) is 6.75. The maximum atomic E-state index is 12.3. The second-order valence-corrected chi connectivity index (χ2v) is 7.48. The van der Waals surface area contributed by atoms with Gasteiger partial charge in [-0.3, -0.25) is 9.59 Å². The highest BCUT2D eigenvalue weighted by molar-refractivity contribution is 5.94. The number of aromatic amines is 1. The fourth-order valence-corrected chi connectivity index (χ4v) is 3.55. The molecule has 1 aliphatic rings. The maximum absolute atomic E-state index is 12.3. The van der Waals surface area contributed by atoms with Gasteiger partial charge in [0.25, 0.3) is 11.5 Å². The molecule has 0 aliphatic carbocycles. The van der Waals surface area contributed by atoms with Crippen LogP contribution in [-0.4, -0.2) is 49.7 Å². The average Bonchev–Trinajstić information content (AvgIpc) is 3.46. The van der Waals surface area contributed by atoms with Gasteiger partial charge in [-0.2, -0.15) is 0 Å². The molecule has 1 amide bonds. The number of carbonyl (C=O) groups is 1. The van der Waals surface area contributed by atoms with Gasteiger partial charge in [0.05, 0.1) is 18.5 Å². The van der Waals surface area contributed by atoms with E-state index in [0.29, 0.717) is 17.9 Å². The molecule has 0 bridgehead atoms. The lowest BCUT2D eigenvalue weighted by Crippen LogP contribution is -2.39. The molecule has 1 saturated heterocycles. The number of nitrogens with zero attached hydrogens (tertiary/aromatic N) is 4. The van der Waals surface area contributed by atoms with Gasteiger partial charge in [-0.05, 0) is 42.8 Å². The molecule has 9 nitrogen and oxygen atoms in total. The number of amides is 1. The maximum Gasteiger partial charge on any atom is 0.260 e. The molecule has 33 heavy (non-hydrogen) atoms. The third-order valence-electron chi connectivity index (χ3n) is 5.22. The first-order chi connectivity index (χ1) is 16.0. The van der Waals surface area contributed by atoms with Crippen molar-refractivity contribution in [3.05, 3.63) is 94.4 Å². The lowest BCUT2D eigenvalue weighted by Gasteiger charge is -2.18. The van der Waals surface area contributed by atoms with E-state index in [1.165, 1.54) is 24.4 Å². The van der Waals surface area contributed by atoms with Crippen molar-refractivity contribution in [2.24, 2.45) is 0 Å². The Balaban J connectivity index is 0.000000318. The van der Waals surface area contributed by atoms with Gasteiger partial charge in [-0.25, -0.2) is 13.9 Å². The molecular formula is C23H23FN6O3. The molecule has 5 rings (SSSR count). The minimum Gasteiger partial charge on any atom is -0.390 e.